The van der Waals surface area contributed by atoms with Crippen LogP contribution in [0.3, 0.4) is 0 Å². The number of piperazine rings is 1. The summed E-state index contributed by atoms with van der Waals surface area (Å²) < 4.78 is 5.57. The van der Waals surface area contributed by atoms with E-state index in [1.54, 1.807) is 6.26 Å². The molecule has 1 unspecified atom stereocenters. The molecule has 122 valence electrons. The maximum atomic E-state index is 12.0. The second-order valence-corrected chi connectivity index (χ2v) is 6.16. The number of hydrogen-bond acceptors (Lipinski definition) is 4. The number of benzene rings is 1. The van der Waals surface area contributed by atoms with Gasteiger partial charge in [-0.2, -0.15) is 0 Å². The molecule has 1 saturated heterocycles. The number of aromatic nitrogens is 1. The average molecular weight is 334 g/mol. The highest BCUT2D eigenvalue weighted by molar-refractivity contribution is 6.30. The van der Waals surface area contributed by atoms with E-state index in [1.165, 1.54) is 0 Å². The van der Waals surface area contributed by atoms with Crippen molar-refractivity contribution in [2.24, 2.45) is 0 Å². The number of halogens is 1. The number of nitrogens with zero attached hydrogens (tertiary/aromatic N) is 2. The normalized spacial score (nSPS) is 18.9. The molecule has 0 bridgehead atoms. The molecule has 0 spiro atoms. The van der Waals surface area contributed by atoms with Crippen LogP contribution in [0, 0.1) is 0 Å². The van der Waals surface area contributed by atoms with Crippen molar-refractivity contribution in [2.45, 2.75) is 32.4 Å². The molecule has 6 heteroatoms. The first kappa shape index (κ1) is 16.0. The summed E-state index contributed by atoms with van der Waals surface area (Å²) >= 11 is 6.00. The largest absolute Gasteiger partial charge is 0.444 e. The molecule has 1 fully saturated rings. The van der Waals surface area contributed by atoms with Crippen LogP contribution in [-0.4, -0.2) is 34.9 Å². The van der Waals surface area contributed by atoms with Gasteiger partial charge in [-0.1, -0.05) is 31.0 Å². The zero-order valence-corrected chi connectivity index (χ0v) is 13.8. The number of hydrogen-bond donors (Lipinski definition) is 1. The van der Waals surface area contributed by atoms with Crippen molar-refractivity contribution in [3.05, 3.63) is 41.2 Å². The molecule has 2 aromatic rings. The fourth-order valence-corrected chi connectivity index (χ4v) is 3.07. The Morgan fingerprint density at radius 3 is 3.13 bits per heavy atom. The first-order chi connectivity index (χ1) is 11.2. The molecule has 1 aliphatic heterocycles. The van der Waals surface area contributed by atoms with Crippen molar-refractivity contribution >= 4 is 17.5 Å². The lowest BCUT2D eigenvalue weighted by Gasteiger charge is -2.34. The van der Waals surface area contributed by atoms with Gasteiger partial charge < -0.3 is 9.73 Å². The van der Waals surface area contributed by atoms with E-state index in [1.807, 2.05) is 24.3 Å². The lowest BCUT2D eigenvalue weighted by atomic mass is 10.1. The van der Waals surface area contributed by atoms with Crippen LogP contribution in [0.15, 0.2) is 34.9 Å². The van der Waals surface area contributed by atoms with Crippen molar-refractivity contribution in [1.82, 2.24) is 15.2 Å². The quantitative estimate of drug-likeness (QED) is 0.913. The van der Waals surface area contributed by atoms with Gasteiger partial charge in [-0.3, -0.25) is 9.69 Å². The Kier molecular flexibility index (Phi) is 4.98. The predicted octanol–water partition coefficient (Wildman–Crippen LogP) is 3.10. The summed E-state index contributed by atoms with van der Waals surface area (Å²) in [5.74, 6) is 0.660. The van der Waals surface area contributed by atoms with Crippen LogP contribution >= 0.6 is 11.6 Å². The summed E-state index contributed by atoms with van der Waals surface area (Å²) in [7, 11) is 0. The molecule has 5 nitrogen and oxygen atoms in total. The minimum atomic E-state index is -0.0833. The van der Waals surface area contributed by atoms with Gasteiger partial charge in [-0.05, 0) is 24.6 Å². The van der Waals surface area contributed by atoms with Gasteiger partial charge in [0.1, 0.15) is 6.26 Å². The molecular formula is C17H20ClN3O2. The van der Waals surface area contributed by atoms with Crippen molar-refractivity contribution in [3.8, 4) is 11.5 Å². The summed E-state index contributed by atoms with van der Waals surface area (Å²) in [4.78, 5) is 18.7. The first-order valence-electron chi connectivity index (χ1n) is 7.89. The summed E-state index contributed by atoms with van der Waals surface area (Å²) in [6, 6.07) is 7.34. The van der Waals surface area contributed by atoms with Gasteiger partial charge in [0, 0.05) is 30.2 Å². The van der Waals surface area contributed by atoms with Crippen molar-refractivity contribution in [2.75, 3.05) is 13.1 Å². The van der Waals surface area contributed by atoms with Crippen molar-refractivity contribution < 1.29 is 9.21 Å². The summed E-state index contributed by atoms with van der Waals surface area (Å²) in [5.41, 5.74) is 1.68. The van der Waals surface area contributed by atoms with E-state index in [4.69, 9.17) is 16.0 Å². The Labute approximate surface area is 140 Å². The Morgan fingerprint density at radius 2 is 2.35 bits per heavy atom. The smallest absolute Gasteiger partial charge is 0.237 e. The first-order valence-corrected chi connectivity index (χ1v) is 8.27. The van der Waals surface area contributed by atoms with E-state index in [0.717, 1.165) is 30.6 Å². The van der Waals surface area contributed by atoms with E-state index in [2.05, 4.69) is 22.1 Å². The number of carbonyl (C=O) groups is 1. The summed E-state index contributed by atoms with van der Waals surface area (Å²) in [6.07, 6.45) is 3.48. The summed E-state index contributed by atoms with van der Waals surface area (Å²) in [6.45, 7) is 4.21. The monoisotopic (exact) mass is 333 g/mol. The van der Waals surface area contributed by atoms with Crippen LogP contribution in [-0.2, 0) is 11.3 Å². The highest BCUT2D eigenvalue weighted by Crippen LogP contribution is 2.23. The molecule has 3 rings (SSSR count). The maximum Gasteiger partial charge on any atom is 0.237 e. The van der Waals surface area contributed by atoms with Crippen LogP contribution in [0.4, 0.5) is 0 Å². The fraction of sp³-hybridized carbons (Fsp3) is 0.412. The summed E-state index contributed by atoms with van der Waals surface area (Å²) in [5, 5.41) is 3.58. The van der Waals surface area contributed by atoms with Gasteiger partial charge in [0.05, 0.1) is 11.7 Å². The zero-order chi connectivity index (χ0) is 16.2. The fourth-order valence-electron chi connectivity index (χ4n) is 2.88. The zero-order valence-electron chi connectivity index (χ0n) is 13.1. The molecule has 0 aliphatic carbocycles. The van der Waals surface area contributed by atoms with Gasteiger partial charge in [0.2, 0.25) is 11.8 Å². The van der Waals surface area contributed by atoms with E-state index < -0.39 is 0 Å². The van der Waals surface area contributed by atoms with Gasteiger partial charge >= 0.3 is 0 Å². The SMILES string of the molecule is CCCC1C(=O)NCCN1Cc1coc(-c2cccc(Cl)c2)n1. The van der Waals surface area contributed by atoms with Crippen molar-refractivity contribution in [1.29, 1.82) is 0 Å². The topological polar surface area (TPSA) is 58.4 Å². The lowest BCUT2D eigenvalue weighted by molar-refractivity contribution is -0.129. The molecule has 1 atom stereocenters. The number of amides is 1. The molecule has 1 N–H and O–H groups in total. The minimum Gasteiger partial charge on any atom is -0.444 e. The third-order valence-corrected chi connectivity index (χ3v) is 4.23. The average Bonchev–Trinajstić information content (AvgIpc) is 2.99. The molecule has 0 radical (unpaired) electrons. The highest BCUT2D eigenvalue weighted by atomic mass is 35.5. The Balaban J connectivity index is 1.74. The second kappa shape index (κ2) is 7.15. The van der Waals surface area contributed by atoms with Gasteiger partial charge in [-0.15, -0.1) is 0 Å². The van der Waals surface area contributed by atoms with Gasteiger partial charge in [-0.25, -0.2) is 4.98 Å². The minimum absolute atomic E-state index is 0.0833. The number of rotatable bonds is 5. The van der Waals surface area contributed by atoms with Crippen LogP contribution in [0.5, 0.6) is 0 Å². The third-order valence-electron chi connectivity index (χ3n) is 3.99. The van der Waals surface area contributed by atoms with E-state index in [9.17, 15) is 4.79 Å². The molecule has 1 aromatic heterocycles. The van der Waals surface area contributed by atoms with Crippen molar-refractivity contribution in [3.63, 3.8) is 0 Å². The van der Waals surface area contributed by atoms with E-state index in [-0.39, 0.29) is 11.9 Å². The standard InChI is InChI=1S/C17H20ClN3O2/c1-2-4-15-16(22)19-7-8-21(15)10-14-11-23-17(20-14)12-5-3-6-13(18)9-12/h3,5-6,9,11,15H,2,4,7-8,10H2,1H3,(H,19,22). The number of carbonyl (C=O) groups excluding carboxylic acids is 1. The highest BCUT2D eigenvalue weighted by Gasteiger charge is 2.29. The number of oxazole rings is 1. The van der Waals surface area contributed by atoms with E-state index >= 15 is 0 Å². The Morgan fingerprint density at radius 1 is 1.48 bits per heavy atom. The Hall–Kier alpha value is -1.85. The molecular weight excluding hydrogens is 314 g/mol. The van der Waals surface area contributed by atoms with E-state index in [0.29, 0.717) is 24.0 Å². The molecule has 1 aromatic carbocycles. The van der Waals surface area contributed by atoms with Crippen LogP contribution in [0.25, 0.3) is 11.5 Å². The molecule has 1 aliphatic rings. The van der Waals surface area contributed by atoms with Gasteiger partial charge in [0.15, 0.2) is 0 Å². The van der Waals surface area contributed by atoms with Crippen LogP contribution in [0.1, 0.15) is 25.5 Å². The molecule has 2 heterocycles. The maximum absolute atomic E-state index is 12.0. The molecule has 0 saturated carbocycles. The van der Waals surface area contributed by atoms with Crippen LogP contribution < -0.4 is 5.32 Å². The van der Waals surface area contributed by atoms with Crippen LogP contribution in [0.2, 0.25) is 5.02 Å². The third kappa shape index (κ3) is 3.74. The second-order valence-electron chi connectivity index (χ2n) is 5.72. The Bertz CT molecular complexity index is 686. The lowest BCUT2D eigenvalue weighted by Crippen LogP contribution is -2.54. The molecule has 23 heavy (non-hydrogen) atoms. The molecule has 1 amide bonds. The van der Waals surface area contributed by atoms with Gasteiger partial charge in [0.25, 0.3) is 0 Å². The predicted molar refractivity (Wildman–Crippen MR) is 89.1 cm³/mol. The number of nitrogens with one attached hydrogen (secondary N) is 1.